The van der Waals surface area contributed by atoms with Crippen LogP contribution in [0.4, 0.5) is 0 Å². The topological polar surface area (TPSA) is 79.4 Å². The first-order valence-electron chi connectivity index (χ1n) is 6.64. The summed E-state index contributed by atoms with van der Waals surface area (Å²) in [6, 6.07) is 13.1. The van der Waals surface area contributed by atoms with Gasteiger partial charge in [-0.1, -0.05) is 12.1 Å². The molecule has 110 valence electrons. The van der Waals surface area contributed by atoms with Crippen molar-refractivity contribution in [3.8, 4) is 11.5 Å². The minimum atomic E-state index is -0.614. The van der Waals surface area contributed by atoms with Gasteiger partial charge in [0.25, 0.3) is 5.56 Å². The molecule has 0 saturated carbocycles. The molecule has 2 N–H and O–H groups in total. The third-order valence-corrected chi connectivity index (χ3v) is 3.47. The number of pyridine rings is 1. The van der Waals surface area contributed by atoms with Gasteiger partial charge in [0.1, 0.15) is 17.1 Å². The Kier molecular flexibility index (Phi) is 3.39. The molecule has 2 aromatic carbocycles. The number of para-hydroxylation sites is 1. The number of rotatable bonds is 3. The molecule has 0 spiro atoms. The number of carbonyl (C=O) groups excluding carboxylic acids is 1. The number of ether oxygens (including phenoxy) is 1. The predicted octanol–water partition coefficient (Wildman–Crippen LogP) is 2.47. The maximum atomic E-state index is 12.5. The van der Waals surface area contributed by atoms with Crippen molar-refractivity contribution in [2.75, 3.05) is 7.11 Å². The fraction of sp³-hybridized carbons (Fsp3) is 0.0588. The number of hydrogen-bond donors (Lipinski definition) is 2. The molecule has 22 heavy (non-hydrogen) atoms. The summed E-state index contributed by atoms with van der Waals surface area (Å²) in [4.78, 5) is 27.3. The van der Waals surface area contributed by atoms with Crippen molar-refractivity contribution < 1.29 is 14.6 Å². The molecule has 1 heterocycles. The van der Waals surface area contributed by atoms with E-state index in [9.17, 15) is 14.7 Å². The Hall–Kier alpha value is -3.08. The van der Waals surface area contributed by atoms with Crippen LogP contribution in [0.2, 0.25) is 0 Å². The average molecular weight is 295 g/mol. The maximum absolute atomic E-state index is 12.5. The van der Waals surface area contributed by atoms with E-state index in [1.54, 1.807) is 48.5 Å². The van der Waals surface area contributed by atoms with E-state index in [0.717, 1.165) is 0 Å². The SMILES string of the molecule is COc1ccc(C(=O)c2c(O)c3ccccc3[nH]c2=O)cc1. The van der Waals surface area contributed by atoms with Crippen LogP contribution in [0.5, 0.6) is 11.5 Å². The highest BCUT2D eigenvalue weighted by Gasteiger charge is 2.20. The highest BCUT2D eigenvalue weighted by Crippen LogP contribution is 2.26. The van der Waals surface area contributed by atoms with E-state index in [1.807, 2.05) is 0 Å². The molecule has 0 bridgehead atoms. The summed E-state index contributed by atoms with van der Waals surface area (Å²) in [5, 5.41) is 10.7. The van der Waals surface area contributed by atoms with Crippen molar-refractivity contribution in [3.63, 3.8) is 0 Å². The normalized spacial score (nSPS) is 10.6. The summed E-state index contributed by atoms with van der Waals surface area (Å²) in [5.41, 5.74) is -0.0888. The number of H-pyrrole nitrogens is 1. The number of hydrogen-bond acceptors (Lipinski definition) is 4. The van der Waals surface area contributed by atoms with Gasteiger partial charge in [0.2, 0.25) is 5.78 Å². The van der Waals surface area contributed by atoms with Crippen molar-refractivity contribution in [2.24, 2.45) is 0 Å². The minimum absolute atomic E-state index is 0.260. The van der Waals surface area contributed by atoms with Gasteiger partial charge in [-0.15, -0.1) is 0 Å². The minimum Gasteiger partial charge on any atom is -0.506 e. The van der Waals surface area contributed by atoms with Crippen LogP contribution >= 0.6 is 0 Å². The molecule has 0 amide bonds. The van der Waals surface area contributed by atoms with Gasteiger partial charge in [-0.3, -0.25) is 9.59 Å². The van der Waals surface area contributed by atoms with Gasteiger partial charge < -0.3 is 14.8 Å². The first kappa shape index (κ1) is 13.9. The Morgan fingerprint density at radius 1 is 1.09 bits per heavy atom. The molecule has 0 unspecified atom stereocenters. The standard InChI is InChI=1S/C17H13NO4/c1-22-11-8-6-10(7-9-11)15(19)14-16(20)12-4-2-3-5-13(12)18-17(14)21/h2-9H,1H3,(H2,18,20,21). The van der Waals surface area contributed by atoms with Crippen LogP contribution in [0.3, 0.4) is 0 Å². The number of fused-ring (bicyclic) bond motifs is 1. The third kappa shape index (κ3) is 2.22. The molecule has 3 rings (SSSR count). The highest BCUT2D eigenvalue weighted by atomic mass is 16.5. The lowest BCUT2D eigenvalue weighted by molar-refractivity contribution is 0.103. The largest absolute Gasteiger partial charge is 0.506 e. The van der Waals surface area contributed by atoms with E-state index in [-0.39, 0.29) is 11.3 Å². The number of carbonyl (C=O) groups is 1. The zero-order valence-electron chi connectivity index (χ0n) is 11.8. The predicted molar refractivity (Wildman–Crippen MR) is 82.7 cm³/mol. The molecule has 0 saturated heterocycles. The van der Waals surface area contributed by atoms with E-state index >= 15 is 0 Å². The number of aromatic amines is 1. The van der Waals surface area contributed by atoms with Crippen LogP contribution in [0.1, 0.15) is 15.9 Å². The molecule has 5 heteroatoms. The molecular weight excluding hydrogens is 282 g/mol. The van der Waals surface area contributed by atoms with Crippen LogP contribution < -0.4 is 10.3 Å². The summed E-state index contributed by atoms with van der Waals surface area (Å²) in [5.74, 6) is -0.236. The zero-order chi connectivity index (χ0) is 15.7. The fourth-order valence-electron chi connectivity index (χ4n) is 2.32. The number of ketones is 1. The lowest BCUT2D eigenvalue weighted by Gasteiger charge is -2.07. The second kappa shape index (κ2) is 5.37. The van der Waals surface area contributed by atoms with Crippen LogP contribution in [-0.2, 0) is 0 Å². The summed E-state index contributed by atoms with van der Waals surface area (Å²) < 4.78 is 5.03. The summed E-state index contributed by atoms with van der Waals surface area (Å²) in [6.45, 7) is 0. The van der Waals surface area contributed by atoms with Gasteiger partial charge in [0.05, 0.1) is 12.6 Å². The number of aromatic hydroxyl groups is 1. The fourth-order valence-corrected chi connectivity index (χ4v) is 2.32. The Bertz CT molecular complexity index is 910. The second-order valence-electron chi connectivity index (χ2n) is 4.78. The second-order valence-corrected chi connectivity index (χ2v) is 4.78. The van der Waals surface area contributed by atoms with E-state index < -0.39 is 11.3 Å². The molecule has 5 nitrogen and oxygen atoms in total. The van der Waals surface area contributed by atoms with Crippen molar-refractivity contribution in [1.29, 1.82) is 0 Å². The monoisotopic (exact) mass is 295 g/mol. The summed E-state index contributed by atoms with van der Waals surface area (Å²) >= 11 is 0. The Morgan fingerprint density at radius 2 is 1.77 bits per heavy atom. The zero-order valence-corrected chi connectivity index (χ0v) is 11.8. The van der Waals surface area contributed by atoms with Crippen molar-refractivity contribution >= 4 is 16.7 Å². The first-order chi connectivity index (χ1) is 10.6. The van der Waals surface area contributed by atoms with Gasteiger partial charge in [-0.05, 0) is 36.4 Å². The highest BCUT2D eigenvalue weighted by molar-refractivity contribution is 6.12. The molecule has 0 aliphatic carbocycles. The van der Waals surface area contributed by atoms with Crippen LogP contribution in [-0.4, -0.2) is 23.0 Å². The number of aromatic nitrogens is 1. The van der Waals surface area contributed by atoms with Crippen molar-refractivity contribution in [1.82, 2.24) is 4.98 Å². The van der Waals surface area contributed by atoms with E-state index in [4.69, 9.17) is 4.74 Å². The third-order valence-electron chi connectivity index (χ3n) is 3.47. The number of methoxy groups -OCH3 is 1. The van der Waals surface area contributed by atoms with Gasteiger partial charge in [-0.25, -0.2) is 0 Å². The molecular formula is C17H13NO4. The summed E-state index contributed by atoms with van der Waals surface area (Å²) in [7, 11) is 1.52. The smallest absolute Gasteiger partial charge is 0.263 e. The van der Waals surface area contributed by atoms with Gasteiger partial charge in [0, 0.05) is 10.9 Å². The Labute approximate surface area is 125 Å². The Balaban J connectivity index is 2.16. The lowest BCUT2D eigenvalue weighted by Crippen LogP contribution is -2.18. The van der Waals surface area contributed by atoms with Gasteiger partial charge in [0.15, 0.2) is 0 Å². The van der Waals surface area contributed by atoms with Crippen LogP contribution in [0, 0.1) is 0 Å². The molecule has 0 fully saturated rings. The maximum Gasteiger partial charge on any atom is 0.263 e. The summed E-state index contributed by atoms with van der Waals surface area (Å²) in [6.07, 6.45) is 0. The average Bonchev–Trinajstić information content (AvgIpc) is 2.55. The molecule has 0 atom stereocenters. The van der Waals surface area contributed by atoms with E-state index in [0.29, 0.717) is 22.2 Å². The number of benzene rings is 2. The van der Waals surface area contributed by atoms with Crippen LogP contribution in [0.15, 0.2) is 53.3 Å². The Morgan fingerprint density at radius 3 is 2.45 bits per heavy atom. The quantitative estimate of drug-likeness (QED) is 0.727. The van der Waals surface area contributed by atoms with Crippen molar-refractivity contribution in [2.45, 2.75) is 0 Å². The van der Waals surface area contributed by atoms with Crippen molar-refractivity contribution in [3.05, 3.63) is 70.0 Å². The molecule has 1 aromatic heterocycles. The van der Waals surface area contributed by atoms with Crippen LogP contribution in [0.25, 0.3) is 10.9 Å². The first-order valence-corrected chi connectivity index (χ1v) is 6.64. The molecule has 0 radical (unpaired) electrons. The molecule has 3 aromatic rings. The lowest BCUT2D eigenvalue weighted by atomic mass is 10.0. The van der Waals surface area contributed by atoms with E-state index in [1.165, 1.54) is 7.11 Å². The molecule has 0 aliphatic rings. The van der Waals surface area contributed by atoms with E-state index in [2.05, 4.69) is 4.98 Å². The molecule has 0 aliphatic heterocycles. The number of nitrogens with one attached hydrogen (secondary N) is 1. The van der Waals surface area contributed by atoms with Gasteiger partial charge >= 0.3 is 0 Å². The van der Waals surface area contributed by atoms with Gasteiger partial charge in [-0.2, -0.15) is 0 Å².